The lowest BCUT2D eigenvalue weighted by molar-refractivity contribution is 0.203. The summed E-state index contributed by atoms with van der Waals surface area (Å²) in [7, 11) is 1.70. The molecule has 2 aromatic rings. The molecule has 110 valence electrons. The third kappa shape index (κ3) is 3.30. The van der Waals surface area contributed by atoms with Crippen LogP contribution in [0.5, 0.6) is 0 Å². The van der Waals surface area contributed by atoms with Gasteiger partial charge >= 0.3 is 0 Å². The number of oxazole rings is 1. The van der Waals surface area contributed by atoms with Crippen LogP contribution in [0.3, 0.4) is 0 Å². The SMILES string of the molecule is COC[C@H](C)Sc1c(Cl)ccc2nc(C(C)(C)C)oc12. The minimum absolute atomic E-state index is 0.119. The van der Waals surface area contributed by atoms with Crippen molar-refractivity contribution >= 4 is 34.5 Å². The van der Waals surface area contributed by atoms with Crippen LogP contribution in [0, 0.1) is 0 Å². The van der Waals surface area contributed by atoms with Crippen LogP contribution >= 0.6 is 23.4 Å². The summed E-state index contributed by atoms with van der Waals surface area (Å²) in [6.45, 7) is 9.01. The van der Waals surface area contributed by atoms with Crippen molar-refractivity contribution in [2.45, 2.75) is 43.3 Å². The number of ether oxygens (including phenoxy) is 1. The molecule has 1 aromatic heterocycles. The Hall–Kier alpha value is -0.710. The number of benzene rings is 1. The quantitative estimate of drug-likeness (QED) is 0.752. The molecule has 5 heteroatoms. The number of aromatic nitrogens is 1. The highest BCUT2D eigenvalue weighted by atomic mass is 35.5. The van der Waals surface area contributed by atoms with Crippen molar-refractivity contribution in [2.24, 2.45) is 0 Å². The molecule has 3 nitrogen and oxygen atoms in total. The van der Waals surface area contributed by atoms with E-state index in [0.717, 1.165) is 21.9 Å². The van der Waals surface area contributed by atoms with Crippen LogP contribution in [0.4, 0.5) is 0 Å². The minimum Gasteiger partial charge on any atom is -0.439 e. The van der Waals surface area contributed by atoms with Crippen molar-refractivity contribution in [1.29, 1.82) is 0 Å². The van der Waals surface area contributed by atoms with E-state index >= 15 is 0 Å². The maximum Gasteiger partial charge on any atom is 0.200 e. The molecule has 1 atom stereocenters. The maximum absolute atomic E-state index is 6.32. The first-order chi connectivity index (χ1) is 9.32. The number of fused-ring (bicyclic) bond motifs is 1. The van der Waals surface area contributed by atoms with Crippen LogP contribution in [0.25, 0.3) is 11.1 Å². The van der Waals surface area contributed by atoms with E-state index in [1.165, 1.54) is 0 Å². The summed E-state index contributed by atoms with van der Waals surface area (Å²) in [6, 6.07) is 3.78. The summed E-state index contributed by atoms with van der Waals surface area (Å²) in [5.41, 5.74) is 1.51. The molecule has 0 N–H and O–H groups in total. The highest BCUT2D eigenvalue weighted by Gasteiger charge is 2.23. The number of thioether (sulfide) groups is 1. The number of halogens is 1. The van der Waals surface area contributed by atoms with Gasteiger partial charge in [-0.1, -0.05) is 39.3 Å². The molecule has 20 heavy (non-hydrogen) atoms. The van der Waals surface area contributed by atoms with Gasteiger partial charge in [-0.15, -0.1) is 11.8 Å². The molecule has 0 aliphatic carbocycles. The van der Waals surface area contributed by atoms with E-state index in [1.807, 2.05) is 12.1 Å². The highest BCUT2D eigenvalue weighted by molar-refractivity contribution is 8.00. The fraction of sp³-hybridized carbons (Fsp3) is 0.533. The molecule has 0 unspecified atom stereocenters. The van der Waals surface area contributed by atoms with E-state index < -0.39 is 0 Å². The Morgan fingerprint density at radius 3 is 2.70 bits per heavy atom. The van der Waals surface area contributed by atoms with Crippen LogP contribution in [0.1, 0.15) is 33.6 Å². The lowest BCUT2D eigenvalue weighted by Crippen LogP contribution is -2.10. The van der Waals surface area contributed by atoms with E-state index in [0.29, 0.717) is 16.9 Å². The Labute approximate surface area is 129 Å². The minimum atomic E-state index is -0.119. The van der Waals surface area contributed by atoms with Crippen molar-refractivity contribution in [3.63, 3.8) is 0 Å². The molecule has 0 saturated heterocycles. The molecule has 0 radical (unpaired) electrons. The number of hydrogen-bond donors (Lipinski definition) is 0. The number of rotatable bonds is 4. The van der Waals surface area contributed by atoms with Crippen LogP contribution in [-0.4, -0.2) is 24.0 Å². The molecule has 0 bridgehead atoms. The molecule has 0 spiro atoms. The Bertz CT molecular complexity index is 604. The summed E-state index contributed by atoms with van der Waals surface area (Å²) >= 11 is 7.98. The summed E-state index contributed by atoms with van der Waals surface area (Å²) < 4.78 is 11.1. The van der Waals surface area contributed by atoms with Crippen LogP contribution < -0.4 is 0 Å². The number of methoxy groups -OCH3 is 1. The predicted octanol–water partition coefficient (Wildman–Crippen LogP) is 4.91. The fourth-order valence-corrected chi connectivity index (χ4v) is 3.17. The third-order valence-corrected chi connectivity index (χ3v) is 4.43. The average molecular weight is 314 g/mol. The van der Waals surface area contributed by atoms with Crippen molar-refractivity contribution in [3.8, 4) is 0 Å². The van der Waals surface area contributed by atoms with Crippen LogP contribution in [0.15, 0.2) is 21.4 Å². The Morgan fingerprint density at radius 2 is 2.10 bits per heavy atom. The van der Waals surface area contributed by atoms with Gasteiger partial charge in [0.1, 0.15) is 5.52 Å². The monoisotopic (exact) mass is 313 g/mol. The van der Waals surface area contributed by atoms with Crippen molar-refractivity contribution < 1.29 is 9.15 Å². The fourth-order valence-electron chi connectivity index (χ4n) is 1.84. The average Bonchev–Trinajstić information content (AvgIpc) is 2.77. The topological polar surface area (TPSA) is 35.3 Å². The van der Waals surface area contributed by atoms with Crippen LogP contribution in [-0.2, 0) is 10.2 Å². The molecule has 0 aliphatic rings. The second-order valence-electron chi connectivity index (χ2n) is 5.88. The van der Waals surface area contributed by atoms with Crippen molar-refractivity contribution in [1.82, 2.24) is 4.98 Å². The first-order valence-electron chi connectivity index (χ1n) is 6.58. The second kappa shape index (κ2) is 5.96. The Balaban J connectivity index is 2.47. The molecule has 0 saturated carbocycles. The molecule has 2 rings (SSSR count). The van der Waals surface area contributed by atoms with Crippen molar-refractivity contribution in [3.05, 3.63) is 23.0 Å². The largest absolute Gasteiger partial charge is 0.439 e. The van der Waals surface area contributed by atoms with E-state index in [9.17, 15) is 0 Å². The maximum atomic E-state index is 6.32. The second-order valence-corrected chi connectivity index (χ2v) is 7.73. The van der Waals surface area contributed by atoms with Crippen molar-refractivity contribution in [2.75, 3.05) is 13.7 Å². The third-order valence-electron chi connectivity index (χ3n) is 2.83. The summed E-state index contributed by atoms with van der Waals surface area (Å²) in [6.07, 6.45) is 0. The molecule has 0 amide bonds. The van der Waals surface area contributed by atoms with E-state index in [-0.39, 0.29) is 5.41 Å². The van der Waals surface area contributed by atoms with Gasteiger partial charge in [0.15, 0.2) is 5.58 Å². The predicted molar refractivity (Wildman–Crippen MR) is 84.9 cm³/mol. The summed E-state index contributed by atoms with van der Waals surface area (Å²) in [5, 5.41) is 0.994. The van der Waals surface area contributed by atoms with Gasteiger partial charge in [-0.25, -0.2) is 4.98 Å². The molecule has 0 aliphatic heterocycles. The molecular formula is C15H20ClNO2S. The standard InChI is InChI=1S/C15H20ClNO2S/c1-9(8-18-5)20-13-10(16)6-7-11-12(13)19-14(17-11)15(2,3)4/h6-7,9H,8H2,1-5H3/t9-/m0/s1. The van der Waals surface area contributed by atoms with E-state index in [4.69, 9.17) is 20.8 Å². The Morgan fingerprint density at radius 1 is 1.40 bits per heavy atom. The van der Waals surface area contributed by atoms with Gasteiger partial charge in [-0.3, -0.25) is 0 Å². The van der Waals surface area contributed by atoms with E-state index in [2.05, 4.69) is 32.7 Å². The van der Waals surface area contributed by atoms with Gasteiger partial charge in [0.05, 0.1) is 16.5 Å². The zero-order valence-electron chi connectivity index (χ0n) is 12.5. The Kier molecular flexibility index (Phi) is 4.67. The van der Waals surface area contributed by atoms with Gasteiger partial charge in [0, 0.05) is 17.8 Å². The highest BCUT2D eigenvalue weighted by Crippen LogP contribution is 2.38. The zero-order chi connectivity index (χ0) is 14.9. The normalized spacial score (nSPS) is 13.9. The first kappa shape index (κ1) is 15.7. The molecule has 1 heterocycles. The lowest BCUT2D eigenvalue weighted by Gasteiger charge is -2.12. The molecule has 0 fully saturated rings. The molecule has 1 aromatic carbocycles. The lowest BCUT2D eigenvalue weighted by atomic mass is 9.97. The smallest absolute Gasteiger partial charge is 0.200 e. The van der Waals surface area contributed by atoms with Crippen LogP contribution in [0.2, 0.25) is 5.02 Å². The zero-order valence-corrected chi connectivity index (χ0v) is 14.1. The van der Waals surface area contributed by atoms with Gasteiger partial charge in [0.25, 0.3) is 0 Å². The number of nitrogens with zero attached hydrogens (tertiary/aromatic N) is 1. The molecular weight excluding hydrogens is 294 g/mol. The summed E-state index contributed by atoms with van der Waals surface area (Å²) in [4.78, 5) is 5.51. The van der Waals surface area contributed by atoms with E-state index in [1.54, 1.807) is 18.9 Å². The first-order valence-corrected chi connectivity index (χ1v) is 7.84. The summed E-state index contributed by atoms with van der Waals surface area (Å²) in [5.74, 6) is 0.732. The van der Waals surface area contributed by atoms with Gasteiger partial charge < -0.3 is 9.15 Å². The van der Waals surface area contributed by atoms with Gasteiger partial charge in [-0.05, 0) is 12.1 Å². The number of hydrogen-bond acceptors (Lipinski definition) is 4. The van der Waals surface area contributed by atoms with Gasteiger partial charge in [-0.2, -0.15) is 0 Å². The van der Waals surface area contributed by atoms with Gasteiger partial charge in [0.2, 0.25) is 5.89 Å².